The minimum absolute atomic E-state index is 0.0825. The predicted molar refractivity (Wildman–Crippen MR) is 116 cm³/mol. The number of anilines is 2. The zero-order valence-corrected chi connectivity index (χ0v) is 17.6. The van der Waals surface area contributed by atoms with E-state index in [0.717, 1.165) is 17.0 Å². The van der Waals surface area contributed by atoms with Crippen LogP contribution in [0.1, 0.15) is 25.3 Å². The molecule has 9 heteroatoms. The molecule has 0 saturated carbocycles. The highest BCUT2D eigenvalue weighted by molar-refractivity contribution is 6.30. The lowest BCUT2D eigenvalue weighted by Crippen LogP contribution is -2.42. The number of nitrogens with one attached hydrogen (secondary N) is 2. The second-order valence-electron chi connectivity index (χ2n) is 7.70. The van der Waals surface area contributed by atoms with Gasteiger partial charge in [0.2, 0.25) is 11.8 Å². The number of nitrogens with zero attached hydrogens (tertiary/aromatic N) is 2. The number of urea groups is 1. The van der Waals surface area contributed by atoms with Crippen LogP contribution in [0.25, 0.3) is 0 Å². The topological polar surface area (TPSA) is 98.8 Å². The van der Waals surface area contributed by atoms with E-state index in [9.17, 15) is 19.2 Å². The molecule has 2 aromatic rings. The number of hydrogen-bond donors (Lipinski definition) is 2. The molecule has 0 spiro atoms. The van der Waals surface area contributed by atoms with Gasteiger partial charge < -0.3 is 15.5 Å². The van der Waals surface area contributed by atoms with Gasteiger partial charge in [0.1, 0.15) is 12.1 Å². The third-order valence-electron chi connectivity index (χ3n) is 5.53. The summed E-state index contributed by atoms with van der Waals surface area (Å²) in [6, 6.07) is 12.8. The number of benzene rings is 2. The summed E-state index contributed by atoms with van der Waals surface area (Å²) in [5, 5.41) is 5.85. The summed E-state index contributed by atoms with van der Waals surface area (Å²) in [6.45, 7) is 1.86. The molecule has 160 valence electrons. The Bertz CT molecular complexity index is 1050. The summed E-state index contributed by atoms with van der Waals surface area (Å²) in [4.78, 5) is 52.2. The first-order valence-corrected chi connectivity index (χ1v) is 10.3. The SMILES string of the molecule is C[C@]1(c2ccc(Cl)cc2)NC(=O)N(CC(=O)Nc2ccc(N3CCCC3=O)cc2)C1=O. The number of carbonyl (C=O) groups is 4. The van der Waals surface area contributed by atoms with E-state index >= 15 is 0 Å². The van der Waals surface area contributed by atoms with Crippen molar-refractivity contribution in [2.75, 3.05) is 23.3 Å². The summed E-state index contributed by atoms with van der Waals surface area (Å²) in [5.41, 5.74) is 0.581. The van der Waals surface area contributed by atoms with Crippen molar-refractivity contribution in [3.63, 3.8) is 0 Å². The van der Waals surface area contributed by atoms with Crippen molar-refractivity contribution < 1.29 is 19.2 Å². The molecule has 31 heavy (non-hydrogen) atoms. The highest BCUT2D eigenvalue weighted by Crippen LogP contribution is 2.29. The first-order chi connectivity index (χ1) is 14.8. The molecule has 1 atom stereocenters. The Morgan fingerprint density at radius 3 is 2.39 bits per heavy atom. The maximum absolute atomic E-state index is 12.9. The second-order valence-corrected chi connectivity index (χ2v) is 8.13. The van der Waals surface area contributed by atoms with Crippen molar-refractivity contribution in [2.45, 2.75) is 25.3 Å². The van der Waals surface area contributed by atoms with Crippen LogP contribution in [-0.2, 0) is 19.9 Å². The average molecular weight is 441 g/mol. The molecular formula is C22H21ClN4O4. The first kappa shape index (κ1) is 20.9. The standard InChI is InChI=1S/C22H21ClN4O4/c1-22(14-4-6-15(23)7-5-14)20(30)27(21(31)25-22)13-18(28)24-16-8-10-17(11-9-16)26-12-2-3-19(26)29/h4-11H,2-3,12-13H2,1H3,(H,24,28)(H,25,31)/t22-/m1/s1. The fourth-order valence-electron chi connectivity index (χ4n) is 3.81. The second kappa shape index (κ2) is 8.03. The van der Waals surface area contributed by atoms with Crippen molar-refractivity contribution in [2.24, 2.45) is 0 Å². The summed E-state index contributed by atoms with van der Waals surface area (Å²) in [7, 11) is 0. The van der Waals surface area contributed by atoms with Crippen molar-refractivity contribution in [3.8, 4) is 0 Å². The van der Waals surface area contributed by atoms with Gasteiger partial charge in [0.25, 0.3) is 5.91 Å². The lowest BCUT2D eigenvalue weighted by molar-refractivity contribution is -0.133. The zero-order valence-electron chi connectivity index (χ0n) is 16.9. The van der Waals surface area contributed by atoms with E-state index in [2.05, 4.69) is 10.6 Å². The summed E-state index contributed by atoms with van der Waals surface area (Å²) in [5.74, 6) is -0.939. The van der Waals surface area contributed by atoms with Crippen LogP contribution in [0.15, 0.2) is 48.5 Å². The Morgan fingerprint density at radius 2 is 1.77 bits per heavy atom. The molecule has 2 fully saturated rings. The van der Waals surface area contributed by atoms with Gasteiger partial charge in [-0.2, -0.15) is 0 Å². The molecule has 0 radical (unpaired) electrons. The molecule has 0 aliphatic carbocycles. The van der Waals surface area contributed by atoms with Gasteiger partial charge in [-0.05, 0) is 55.3 Å². The van der Waals surface area contributed by atoms with Crippen molar-refractivity contribution >= 4 is 46.7 Å². The van der Waals surface area contributed by atoms with E-state index in [1.165, 1.54) is 0 Å². The van der Waals surface area contributed by atoms with Crippen molar-refractivity contribution in [1.29, 1.82) is 0 Å². The van der Waals surface area contributed by atoms with E-state index < -0.39 is 29.9 Å². The van der Waals surface area contributed by atoms with Crippen molar-refractivity contribution in [1.82, 2.24) is 10.2 Å². The molecular weight excluding hydrogens is 420 g/mol. The predicted octanol–water partition coefficient (Wildman–Crippen LogP) is 2.87. The maximum Gasteiger partial charge on any atom is 0.325 e. The van der Waals surface area contributed by atoms with Crippen LogP contribution in [0, 0.1) is 0 Å². The lowest BCUT2D eigenvalue weighted by atomic mass is 9.92. The van der Waals surface area contributed by atoms with Gasteiger partial charge in [0, 0.05) is 29.4 Å². The van der Waals surface area contributed by atoms with Crippen LogP contribution in [0.5, 0.6) is 0 Å². The first-order valence-electron chi connectivity index (χ1n) is 9.88. The number of imide groups is 1. The highest BCUT2D eigenvalue weighted by atomic mass is 35.5. The lowest BCUT2D eigenvalue weighted by Gasteiger charge is -2.22. The van der Waals surface area contributed by atoms with Gasteiger partial charge in [-0.25, -0.2) is 4.79 Å². The van der Waals surface area contributed by atoms with Crippen LogP contribution in [0.3, 0.4) is 0 Å². The van der Waals surface area contributed by atoms with Gasteiger partial charge >= 0.3 is 6.03 Å². The molecule has 5 amide bonds. The van der Waals surface area contributed by atoms with E-state index in [1.54, 1.807) is 60.4 Å². The Labute approximate surface area is 184 Å². The van der Waals surface area contributed by atoms with Gasteiger partial charge in [-0.3, -0.25) is 19.3 Å². The molecule has 0 bridgehead atoms. The average Bonchev–Trinajstić information content (AvgIpc) is 3.26. The van der Waals surface area contributed by atoms with E-state index in [4.69, 9.17) is 11.6 Å². The zero-order chi connectivity index (χ0) is 22.2. The number of rotatable bonds is 5. The smallest absolute Gasteiger partial charge is 0.325 e. The Kier molecular flexibility index (Phi) is 5.41. The number of amides is 5. The number of hydrogen-bond acceptors (Lipinski definition) is 4. The molecule has 2 heterocycles. The minimum Gasteiger partial charge on any atom is -0.325 e. The summed E-state index contributed by atoms with van der Waals surface area (Å²) >= 11 is 5.90. The molecule has 2 saturated heterocycles. The minimum atomic E-state index is -1.27. The molecule has 0 aromatic heterocycles. The summed E-state index contributed by atoms with van der Waals surface area (Å²) in [6.07, 6.45) is 1.37. The monoisotopic (exact) mass is 440 g/mol. The fraction of sp³-hybridized carbons (Fsp3) is 0.273. The van der Waals surface area contributed by atoms with E-state index in [0.29, 0.717) is 29.2 Å². The van der Waals surface area contributed by atoms with Crippen LogP contribution in [-0.4, -0.2) is 41.7 Å². The third-order valence-corrected chi connectivity index (χ3v) is 5.79. The summed E-state index contributed by atoms with van der Waals surface area (Å²) < 4.78 is 0. The molecule has 2 N–H and O–H groups in total. The van der Waals surface area contributed by atoms with Gasteiger partial charge in [0.05, 0.1) is 0 Å². The molecule has 2 aromatic carbocycles. The molecule has 8 nitrogen and oxygen atoms in total. The third kappa shape index (κ3) is 3.98. The fourth-order valence-corrected chi connectivity index (χ4v) is 3.94. The number of carbonyl (C=O) groups excluding carboxylic acids is 4. The van der Waals surface area contributed by atoms with Crippen LogP contribution in [0.4, 0.5) is 16.2 Å². The Hall–Kier alpha value is -3.39. The largest absolute Gasteiger partial charge is 0.325 e. The van der Waals surface area contributed by atoms with E-state index in [-0.39, 0.29) is 5.91 Å². The van der Waals surface area contributed by atoms with Gasteiger partial charge in [0.15, 0.2) is 0 Å². The van der Waals surface area contributed by atoms with Gasteiger partial charge in [-0.1, -0.05) is 23.7 Å². The molecule has 2 aliphatic rings. The number of halogens is 1. The van der Waals surface area contributed by atoms with Crippen molar-refractivity contribution in [3.05, 3.63) is 59.1 Å². The van der Waals surface area contributed by atoms with Crippen LogP contribution >= 0.6 is 11.6 Å². The highest BCUT2D eigenvalue weighted by Gasteiger charge is 2.49. The Balaban J connectivity index is 1.41. The molecule has 2 aliphatic heterocycles. The molecule has 0 unspecified atom stereocenters. The van der Waals surface area contributed by atoms with Crippen LogP contribution < -0.4 is 15.5 Å². The quantitative estimate of drug-likeness (QED) is 0.698. The van der Waals surface area contributed by atoms with Gasteiger partial charge in [-0.15, -0.1) is 0 Å². The molecule has 4 rings (SSSR count). The van der Waals surface area contributed by atoms with E-state index in [1.807, 2.05) is 0 Å². The Morgan fingerprint density at radius 1 is 1.10 bits per heavy atom. The normalized spacial score (nSPS) is 20.9. The van der Waals surface area contributed by atoms with Crippen LogP contribution in [0.2, 0.25) is 5.02 Å². The maximum atomic E-state index is 12.9.